The van der Waals surface area contributed by atoms with Crippen molar-refractivity contribution in [1.82, 2.24) is 10.0 Å². The van der Waals surface area contributed by atoms with Gasteiger partial charge in [-0.05, 0) is 31.2 Å². The van der Waals surface area contributed by atoms with Gasteiger partial charge >= 0.3 is 0 Å². The van der Waals surface area contributed by atoms with Gasteiger partial charge in [-0.1, -0.05) is 13.0 Å². The van der Waals surface area contributed by atoms with Crippen molar-refractivity contribution in [3.05, 3.63) is 24.3 Å². The lowest BCUT2D eigenvalue weighted by atomic mass is 10.4. The summed E-state index contributed by atoms with van der Waals surface area (Å²) in [7, 11) is -7.66. The number of rotatable bonds is 8. The second kappa shape index (κ2) is 8.66. The van der Waals surface area contributed by atoms with Crippen LogP contribution in [0.5, 0.6) is 0 Å². The molecule has 0 atom stereocenters. The van der Waals surface area contributed by atoms with Crippen molar-refractivity contribution in [2.75, 3.05) is 19.6 Å². The minimum atomic E-state index is -3.92. The second-order valence-corrected chi connectivity index (χ2v) is 7.50. The van der Waals surface area contributed by atoms with E-state index in [1.807, 2.05) is 6.92 Å². The summed E-state index contributed by atoms with van der Waals surface area (Å²) >= 11 is 0. The molecule has 0 radical (unpaired) electrons. The van der Waals surface area contributed by atoms with Crippen molar-refractivity contribution in [3.8, 4) is 0 Å². The molecule has 0 bridgehead atoms. The molecule has 0 aliphatic heterocycles. The molecule has 0 fully saturated rings. The molecule has 0 spiro atoms. The Bertz CT molecular complexity index is 647. The lowest BCUT2D eigenvalue weighted by Crippen LogP contribution is -2.32. The average Bonchev–Trinajstić information content (AvgIpc) is 2.37. The van der Waals surface area contributed by atoms with E-state index in [0.717, 1.165) is 19.0 Å². The highest BCUT2D eigenvalue weighted by atomic mass is 35.5. The molecule has 0 saturated carbocycles. The first-order chi connectivity index (χ1) is 9.27. The third kappa shape index (κ3) is 6.72. The first kappa shape index (κ1) is 20.3. The summed E-state index contributed by atoms with van der Waals surface area (Å²) < 4.78 is 48.7. The third-order valence-corrected chi connectivity index (χ3v) is 4.83. The first-order valence-corrected chi connectivity index (χ1v) is 9.13. The lowest BCUT2D eigenvalue weighted by Gasteiger charge is -2.08. The standard InChI is InChI=1S/C11H19N3O4S2.ClH/c1-2-6-13-7-8-14-20(17,18)11-5-3-4-10(9-11)19(12,15)16;/h3-5,9,13-14H,2,6-8H2,1H3,(H2,12,15,16);1H. The van der Waals surface area contributed by atoms with Gasteiger partial charge in [0.05, 0.1) is 9.79 Å². The van der Waals surface area contributed by atoms with Crippen LogP contribution in [0.1, 0.15) is 13.3 Å². The van der Waals surface area contributed by atoms with Gasteiger partial charge in [0.2, 0.25) is 20.0 Å². The predicted octanol–water partition coefficient (Wildman–Crippen LogP) is 0.0337. The number of hydrogen-bond acceptors (Lipinski definition) is 5. The van der Waals surface area contributed by atoms with Gasteiger partial charge < -0.3 is 5.32 Å². The van der Waals surface area contributed by atoms with Crippen LogP contribution in [0.4, 0.5) is 0 Å². The lowest BCUT2D eigenvalue weighted by molar-refractivity contribution is 0.575. The fourth-order valence-corrected chi connectivity index (χ4v) is 3.19. The van der Waals surface area contributed by atoms with Gasteiger partial charge in [-0.2, -0.15) is 0 Å². The van der Waals surface area contributed by atoms with Crippen LogP contribution in [0.3, 0.4) is 0 Å². The summed E-state index contributed by atoms with van der Waals surface area (Å²) in [6.07, 6.45) is 0.961. The topological polar surface area (TPSA) is 118 Å². The van der Waals surface area contributed by atoms with Crippen LogP contribution < -0.4 is 15.2 Å². The maximum atomic E-state index is 12.0. The van der Waals surface area contributed by atoms with E-state index in [9.17, 15) is 16.8 Å². The van der Waals surface area contributed by atoms with Gasteiger partial charge in [0.15, 0.2) is 0 Å². The van der Waals surface area contributed by atoms with Crippen LogP contribution in [-0.2, 0) is 20.0 Å². The number of nitrogens with one attached hydrogen (secondary N) is 2. The maximum absolute atomic E-state index is 12.0. The zero-order valence-corrected chi connectivity index (χ0v) is 14.0. The Labute approximate surface area is 131 Å². The molecule has 0 amide bonds. The van der Waals surface area contributed by atoms with E-state index in [0.29, 0.717) is 6.54 Å². The summed E-state index contributed by atoms with van der Waals surface area (Å²) in [5.41, 5.74) is 0. The van der Waals surface area contributed by atoms with Crippen LogP contribution >= 0.6 is 12.4 Å². The van der Waals surface area contributed by atoms with Crippen LogP contribution in [0.15, 0.2) is 34.1 Å². The Morgan fingerprint density at radius 2 is 1.67 bits per heavy atom. The van der Waals surface area contributed by atoms with Crippen LogP contribution in [-0.4, -0.2) is 36.5 Å². The third-order valence-electron chi connectivity index (χ3n) is 2.46. The first-order valence-electron chi connectivity index (χ1n) is 6.10. The molecular formula is C11H20ClN3O4S2. The van der Waals surface area contributed by atoms with E-state index < -0.39 is 20.0 Å². The van der Waals surface area contributed by atoms with E-state index in [1.54, 1.807) is 0 Å². The highest BCUT2D eigenvalue weighted by Gasteiger charge is 2.16. The minimum absolute atomic E-state index is 0. The van der Waals surface area contributed by atoms with Crippen molar-refractivity contribution in [2.24, 2.45) is 5.14 Å². The summed E-state index contributed by atoms with van der Waals surface area (Å²) in [4.78, 5) is -0.357. The highest BCUT2D eigenvalue weighted by Crippen LogP contribution is 2.14. The molecule has 21 heavy (non-hydrogen) atoms. The zero-order valence-electron chi connectivity index (χ0n) is 11.6. The predicted molar refractivity (Wildman–Crippen MR) is 83.4 cm³/mol. The molecule has 7 nitrogen and oxygen atoms in total. The molecule has 0 aliphatic carbocycles. The Hall–Kier alpha value is -0.710. The summed E-state index contributed by atoms with van der Waals surface area (Å²) in [6, 6.07) is 4.94. The van der Waals surface area contributed by atoms with Crippen molar-refractivity contribution < 1.29 is 16.8 Å². The molecule has 122 valence electrons. The van der Waals surface area contributed by atoms with Gasteiger partial charge in [-0.3, -0.25) is 0 Å². The summed E-state index contributed by atoms with van der Waals surface area (Å²) in [5.74, 6) is 0. The Kier molecular flexibility index (Phi) is 8.37. The quantitative estimate of drug-likeness (QED) is 0.567. The molecule has 0 heterocycles. The smallest absolute Gasteiger partial charge is 0.240 e. The molecule has 0 aliphatic rings. The molecule has 1 rings (SSSR count). The van der Waals surface area contributed by atoms with E-state index >= 15 is 0 Å². The molecule has 0 unspecified atom stereocenters. The highest BCUT2D eigenvalue weighted by molar-refractivity contribution is 7.90. The Morgan fingerprint density at radius 1 is 1.05 bits per heavy atom. The number of halogens is 1. The van der Waals surface area contributed by atoms with Gasteiger partial charge in [0.1, 0.15) is 0 Å². The molecule has 1 aromatic carbocycles. The number of nitrogens with two attached hydrogens (primary N) is 1. The molecular weight excluding hydrogens is 338 g/mol. The van der Waals surface area contributed by atoms with Gasteiger partial charge in [0, 0.05) is 13.1 Å². The molecule has 10 heteroatoms. The molecule has 1 aromatic rings. The van der Waals surface area contributed by atoms with Crippen molar-refractivity contribution in [2.45, 2.75) is 23.1 Å². The number of primary sulfonamides is 1. The van der Waals surface area contributed by atoms with Gasteiger partial charge in [-0.25, -0.2) is 26.7 Å². The zero-order chi connectivity index (χ0) is 15.2. The molecule has 0 aromatic heterocycles. The molecule has 0 saturated heterocycles. The number of sulfonamides is 2. The van der Waals surface area contributed by atoms with Crippen molar-refractivity contribution in [1.29, 1.82) is 0 Å². The van der Waals surface area contributed by atoms with E-state index in [4.69, 9.17) is 5.14 Å². The maximum Gasteiger partial charge on any atom is 0.240 e. The van der Waals surface area contributed by atoms with Gasteiger partial charge in [0.25, 0.3) is 0 Å². The Morgan fingerprint density at radius 3 is 2.24 bits per heavy atom. The van der Waals surface area contributed by atoms with Crippen LogP contribution in [0, 0.1) is 0 Å². The largest absolute Gasteiger partial charge is 0.315 e. The van der Waals surface area contributed by atoms with Crippen molar-refractivity contribution in [3.63, 3.8) is 0 Å². The van der Waals surface area contributed by atoms with Crippen molar-refractivity contribution >= 4 is 32.5 Å². The average molecular weight is 358 g/mol. The van der Waals surface area contributed by atoms with Gasteiger partial charge in [-0.15, -0.1) is 12.4 Å². The second-order valence-electron chi connectivity index (χ2n) is 4.17. The fourth-order valence-electron chi connectivity index (χ4n) is 1.48. The minimum Gasteiger partial charge on any atom is -0.315 e. The van der Waals surface area contributed by atoms with Crippen LogP contribution in [0.2, 0.25) is 0 Å². The van der Waals surface area contributed by atoms with Crippen LogP contribution in [0.25, 0.3) is 0 Å². The normalized spacial score (nSPS) is 11.9. The monoisotopic (exact) mass is 357 g/mol. The SMILES string of the molecule is CCCNCCNS(=O)(=O)c1cccc(S(N)(=O)=O)c1.Cl. The van der Waals surface area contributed by atoms with E-state index in [1.165, 1.54) is 18.2 Å². The molecule has 4 N–H and O–H groups in total. The number of hydrogen-bond donors (Lipinski definition) is 3. The summed E-state index contributed by atoms with van der Waals surface area (Å²) in [5, 5.41) is 8.02. The van der Waals surface area contributed by atoms with E-state index in [-0.39, 0.29) is 28.7 Å². The fraction of sp³-hybridized carbons (Fsp3) is 0.455. The Balaban J connectivity index is 0.00000400. The number of benzene rings is 1. The van der Waals surface area contributed by atoms with E-state index in [2.05, 4.69) is 10.0 Å². The summed E-state index contributed by atoms with van der Waals surface area (Å²) in [6.45, 7) is 3.54.